The molecule has 0 saturated carbocycles. The highest BCUT2D eigenvalue weighted by Gasteiger charge is 2.21. The first-order chi connectivity index (χ1) is 8.75. The van der Waals surface area contributed by atoms with Crippen molar-refractivity contribution in [3.63, 3.8) is 0 Å². The highest BCUT2D eigenvalue weighted by atomic mass is 16.2. The van der Waals surface area contributed by atoms with Gasteiger partial charge in [-0.3, -0.25) is 4.79 Å². The third-order valence-corrected chi connectivity index (χ3v) is 4.20. The first-order valence-corrected chi connectivity index (χ1v) is 7.49. The number of likely N-dealkylation sites (tertiary alicyclic amines) is 1. The maximum absolute atomic E-state index is 11.8. The maximum Gasteiger partial charge on any atom is 0.237 e. The molecular formula is C14H27N3O. The van der Waals surface area contributed by atoms with Crippen LogP contribution in [0.1, 0.15) is 39.0 Å². The molecule has 1 unspecified atom stereocenters. The van der Waals surface area contributed by atoms with E-state index in [0.29, 0.717) is 0 Å². The van der Waals surface area contributed by atoms with Gasteiger partial charge in [-0.25, -0.2) is 0 Å². The van der Waals surface area contributed by atoms with Crippen LogP contribution in [-0.4, -0.2) is 49.6 Å². The first kappa shape index (κ1) is 13.8. The average molecular weight is 253 g/mol. The lowest BCUT2D eigenvalue weighted by molar-refractivity contribution is -0.122. The molecule has 1 atom stereocenters. The predicted octanol–water partition coefficient (Wildman–Crippen LogP) is 0.977. The van der Waals surface area contributed by atoms with Crippen molar-refractivity contribution >= 4 is 5.91 Å². The highest BCUT2D eigenvalue weighted by Crippen LogP contribution is 2.15. The third kappa shape index (κ3) is 4.25. The number of nitrogens with one attached hydrogen (secondary N) is 2. The second kappa shape index (κ2) is 7.10. The molecule has 0 aromatic carbocycles. The zero-order valence-corrected chi connectivity index (χ0v) is 11.6. The summed E-state index contributed by atoms with van der Waals surface area (Å²) in [5.41, 5.74) is 0. The molecular weight excluding hydrogens is 226 g/mol. The van der Waals surface area contributed by atoms with Crippen molar-refractivity contribution in [3.05, 3.63) is 0 Å². The molecule has 0 aromatic heterocycles. The number of hydrogen-bond donors (Lipinski definition) is 2. The predicted molar refractivity (Wildman–Crippen MR) is 73.5 cm³/mol. The molecule has 2 N–H and O–H groups in total. The quantitative estimate of drug-likeness (QED) is 0.718. The molecule has 2 heterocycles. The molecule has 0 radical (unpaired) electrons. The Bertz CT molecular complexity index is 256. The average Bonchev–Trinajstić information content (AvgIpc) is 2.90. The molecule has 2 fully saturated rings. The zero-order chi connectivity index (χ0) is 12.8. The van der Waals surface area contributed by atoms with Crippen molar-refractivity contribution in [2.75, 3.05) is 32.7 Å². The number of rotatable bonds is 5. The van der Waals surface area contributed by atoms with Crippen LogP contribution in [0.5, 0.6) is 0 Å². The van der Waals surface area contributed by atoms with Crippen LogP contribution in [0, 0.1) is 5.92 Å². The summed E-state index contributed by atoms with van der Waals surface area (Å²) in [5.74, 6) is 1.09. The van der Waals surface area contributed by atoms with E-state index in [2.05, 4.69) is 22.5 Å². The van der Waals surface area contributed by atoms with Gasteiger partial charge in [-0.1, -0.05) is 6.92 Å². The van der Waals surface area contributed by atoms with E-state index in [4.69, 9.17) is 0 Å². The van der Waals surface area contributed by atoms with E-state index in [9.17, 15) is 4.79 Å². The number of hydrogen-bond acceptors (Lipinski definition) is 3. The monoisotopic (exact) mass is 253 g/mol. The van der Waals surface area contributed by atoms with Crippen LogP contribution >= 0.6 is 0 Å². The molecule has 0 spiro atoms. The summed E-state index contributed by atoms with van der Waals surface area (Å²) in [7, 11) is 0. The molecule has 2 aliphatic heterocycles. The van der Waals surface area contributed by atoms with E-state index in [-0.39, 0.29) is 11.9 Å². The van der Waals surface area contributed by atoms with Crippen LogP contribution in [0.4, 0.5) is 0 Å². The summed E-state index contributed by atoms with van der Waals surface area (Å²) < 4.78 is 0. The summed E-state index contributed by atoms with van der Waals surface area (Å²) in [5, 5.41) is 6.27. The van der Waals surface area contributed by atoms with Crippen LogP contribution < -0.4 is 10.6 Å². The van der Waals surface area contributed by atoms with Gasteiger partial charge in [-0.2, -0.15) is 0 Å². The first-order valence-electron chi connectivity index (χ1n) is 7.49. The fraction of sp³-hybridized carbons (Fsp3) is 0.929. The standard InChI is InChI=1S/C14H27N3O/c1-12-5-10-17(11-6-12)9-3-8-16-14(18)13-4-2-7-15-13/h12-13,15H,2-11H2,1H3,(H,16,18). The van der Waals surface area contributed by atoms with Gasteiger partial charge in [0.2, 0.25) is 5.91 Å². The minimum absolute atomic E-state index is 0.0702. The molecule has 2 saturated heterocycles. The highest BCUT2D eigenvalue weighted by molar-refractivity contribution is 5.81. The van der Waals surface area contributed by atoms with Gasteiger partial charge in [0, 0.05) is 6.54 Å². The Labute approximate surface area is 110 Å². The van der Waals surface area contributed by atoms with Gasteiger partial charge < -0.3 is 15.5 Å². The van der Waals surface area contributed by atoms with Gasteiger partial charge in [-0.15, -0.1) is 0 Å². The number of piperidine rings is 1. The number of carbonyl (C=O) groups excluding carboxylic acids is 1. The van der Waals surface area contributed by atoms with Crippen LogP contribution in [-0.2, 0) is 4.79 Å². The molecule has 0 aliphatic carbocycles. The molecule has 1 amide bonds. The second-order valence-electron chi connectivity index (χ2n) is 5.82. The van der Waals surface area contributed by atoms with E-state index < -0.39 is 0 Å². The minimum atomic E-state index is 0.0702. The Morgan fingerprint density at radius 2 is 2.11 bits per heavy atom. The lowest BCUT2D eigenvalue weighted by Gasteiger charge is -2.30. The summed E-state index contributed by atoms with van der Waals surface area (Å²) in [6.07, 6.45) is 5.86. The molecule has 2 aliphatic rings. The van der Waals surface area contributed by atoms with Gasteiger partial charge in [0.25, 0.3) is 0 Å². The zero-order valence-electron chi connectivity index (χ0n) is 11.6. The molecule has 0 bridgehead atoms. The van der Waals surface area contributed by atoms with Crippen molar-refractivity contribution in [2.45, 2.75) is 45.1 Å². The molecule has 104 valence electrons. The summed E-state index contributed by atoms with van der Waals surface area (Å²) in [6.45, 7) is 7.75. The fourth-order valence-electron chi connectivity index (χ4n) is 2.83. The Balaban J connectivity index is 1.51. The minimum Gasteiger partial charge on any atom is -0.355 e. The topological polar surface area (TPSA) is 44.4 Å². The Morgan fingerprint density at radius 1 is 1.33 bits per heavy atom. The van der Waals surface area contributed by atoms with Gasteiger partial charge in [-0.05, 0) is 64.2 Å². The van der Waals surface area contributed by atoms with Gasteiger partial charge in [0.05, 0.1) is 6.04 Å². The van der Waals surface area contributed by atoms with Crippen LogP contribution in [0.25, 0.3) is 0 Å². The van der Waals surface area contributed by atoms with E-state index in [0.717, 1.165) is 44.8 Å². The summed E-state index contributed by atoms with van der Waals surface area (Å²) >= 11 is 0. The van der Waals surface area contributed by atoms with E-state index in [1.54, 1.807) is 0 Å². The Kier molecular flexibility index (Phi) is 5.45. The molecule has 2 rings (SSSR count). The van der Waals surface area contributed by atoms with E-state index >= 15 is 0 Å². The molecule has 18 heavy (non-hydrogen) atoms. The van der Waals surface area contributed by atoms with Crippen molar-refractivity contribution < 1.29 is 4.79 Å². The lowest BCUT2D eigenvalue weighted by atomic mass is 9.99. The SMILES string of the molecule is CC1CCN(CCCNC(=O)C2CCCN2)CC1. The van der Waals surface area contributed by atoms with E-state index in [1.165, 1.54) is 25.9 Å². The van der Waals surface area contributed by atoms with Crippen molar-refractivity contribution in [2.24, 2.45) is 5.92 Å². The lowest BCUT2D eigenvalue weighted by Crippen LogP contribution is -2.41. The fourth-order valence-corrected chi connectivity index (χ4v) is 2.83. The van der Waals surface area contributed by atoms with Gasteiger partial charge in [0.1, 0.15) is 0 Å². The summed E-state index contributed by atoms with van der Waals surface area (Å²) in [6, 6.07) is 0.0702. The van der Waals surface area contributed by atoms with Crippen LogP contribution in [0.2, 0.25) is 0 Å². The smallest absolute Gasteiger partial charge is 0.237 e. The van der Waals surface area contributed by atoms with Crippen LogP contribution in [0.15, 0.2) is 0 Å². The van der Waals surface area contributed by atoms with Gasteiger partial charge >= 0.3 is 0 Å². The second-order valence-corrected chi connectivity index (χ2v) is 5.82. The molecule has 4 heteroatoms. The van der Waals surface area contributed by atoms with Gasteiger partial charge in [0.15, 0.2) is 0 Å². The molecule has 4 nitrogen and oxygen atoms in total. The van der Waals surface area contributed by atoms with E-state index in [1.807, 2.05) is 0 Å². The Morgan fingerprint density at radius 3 is 2.78 bits per heavy atom. The van der Waals surface area contributed by atoms with Crippen molar-refractivity contribution in [1.82, 2.24) is 15.5 Å². The number of nitrogens with zero attached hydrogens (tertiary/aromatic N) is 1. The van der Waals surface area contributed by atoms with Crippen molar-refractivity contribution in [1.29, 1.82) is 0 Å². The number of carbonyl (C=O) groups is 1. The Hall–Kier alpha value is -0.610. The largest absolute Gasteiger partial charge is 0.355 e. The number of amides is 1. The molecule has 0 aromatic rings. The van der Waals surface area contributed by atoms with Crippen LogP contribution in [0.3, 0.4) is 0 Å². The maximum atomic E-state index is 11.8. The third-order valence-electron chi connectivity index (χ3n) is 4.20. The van der Waals surface area contributed by atoms with Crippen molar-refractivity contribution in [3.8, 4) is 0 Å². The summed E-state index contributed by atoms with van der Waals surface area (Å²) in [4.78, 5) is 14.3. The normalized spacial score (nSPS) is 26.4.